The molecule has 0 radical (unpaired) electrons. The molecule has 0 atom stereocenters. The zero-order valence-electron chi connectivity index (χ0n) is 14.4. The van der Waals surface area contributed by atoms with E-state index in [1.165, 1.54) is 10.2 Å². The third kappa shape index (κ3) is 3.72. The van der Waals surface area contributed by atoms with Crippen molar-refractivity contribution in [2.75, 3.05) is 32.2 Å². The number of aryl methyl sites for hydroxylation is 1. The van der Waals surface area contributed by atoms with Gasteiger partial charge in [0.25, 0.3) is 5.56 Å². The van der Waals surface area contributed by atoms with E-state index in [1.54, 1.807) is 20.4 Å². The molecule has 0 amide bonds. The summed E-state index contributed by atoms with van der Waals surface area (Å²) < 4.78 is 12.7. The molecule has 6 nitrogen and oxygen atoms in total. The van der Waals surface area contributed by atoms with Crippen LogP contribution in [0.4, 0.5) is 5.69 Å². The molecule has 1 fully saturated rings. The van der Waals surface area contributed by atoms with Gasteiger partial charge in [-0.2, -0.15) is 5.10 Å². The third-order valence-corrected chi connectivity index (χ3v) is 5.61. The minimum atomic E-state index is -0.157. The molecule has 0 bridgehead atoms. The number of aromatic nitrogens is 2. The van der Waals surface area contributed by atoms with E-state index in [0.29, 0.717) is 16.7 Å². The summed E-state index contributed by atoms with van der Waals surface area (Å²) in [5, 5.41) is 7.50. The first kappa shape index (κ1) is 17.9. The van der Waals surface area contributed by atoms with Crippen LogP contribution in [0.15, 0.2) is 39.7 Å². The second kappa shape index (κ2) is 7.58. The van der Waals surface area contributed by atoms with Crippen molar-refractivity contribution in [3.63, 3.8) is 0 Å². The van der Waals surface area contributed by atoms with Gasteiger partial charge in [0.2, 0.25) is 0 Å². The predicted octanol–water partition coefficient (Wildman–Crippen LogP) is 2.71. The molecular weight excluding hydrogens is 386 g/mol. The monoisotopic (exact) mass is 407 g/mol. The molecule has 0 spiro atoms. The Kier molecular flexibility index (Phi) is 5.44. The number of ether oxygens (including phenoxy) is 2. The lowest BCUT2D eigenvalue weighted by atomic mass is 9.74. The van der Waals surface area contributed by atoms with Crippen molar-refractivity contribution in [3.8, 4) is 5.75 Å². The van der Waals surface area contributed by atoms with Crippen LogP contribution in [0.1, 0.15) is 18.4 Å². The summed E-state index contributed by atoms with van der Waals surface area (Å²) in [6.45, 7) is 2.16. The van der Waals surface area contributed by atoms with Crippen LogP contribution < -0.4 is 15.6 Å². The van der Waals surface area contributed by atoms with E-state index in [0.717, 1.165) is 31.8 Å². The molecule has 25 heavy (non-hydrogen) atoms. The highest BCUT2D eigenvalue weighted by atomic mass is 79.9. The number of anilines is 1. The number of halogens is 1. The molecule has 2 heterocycles. The Hall–Kier alpha value is -1.86. The summed E-state index contributed by atoms with van der Waals surface area (Å²) in [7, 11) is 3.30. The molecular formula is C18H22BrN3O3. The van der Waals surface area contributed by atoms with Crippen molar-refractivity contribution < 1.29 is 9.47 Å². The number of methoxy groups -OCH3 is 1. The Balaban J connectivity index is 1.86. The molecule has 7 heteroatoms. The SMILES string of the molecule is COc1ccc(C2(CNc3cnn(C)c(=O)c3Br)CCOCC2)cc1. The maximum atomic E-state index is 12.0. The first-order chi connectivity index (χ1) is 12.1. The molecule has 0 aliphatic carbocycles. The molecule has 1 aromatic heterocycles. The normalized spacial score (nSPS) is 16.4. The number of benzene rings is 1. The van der Waals surface area contributed by atoms with Crippen molar-refractivity contribution in [2.24, 2.45) is 7.05 Å². The quantitative estimate of drug-likeness (QED) is 0.825. The smallest absolute Gasteiger partial charge is 0.282 e. The number of hydrogen-bond acceptors (Lipinski definition) is 5. The van der Waals surface area contributed by atoms with Crippen LogP contribution >= 0.6 is 15.9 Å². The Labute approximate surface area is 155 Å². The van der Waals surface area contributed by atoms with E-state index in [1.807, 2.05) is 12.1 Å². The zero-order chi connectivity index (χ0) is 17.9. The van der Waals surface area contributed by atoms with Crippen molar-refractivity contribution >= 4 is 21.6 Å². The molecule has 1 aliphatic heterocycles. The molecule has 2 aromatic rings. The molecule has 1 saturated heterocycles. The minimum Gasteiger partial charge on any atom is -0.497 e. The van der Waals surface area contributed by atoms with E-state index in [9.17, 15) is 4.79 Å². The minimum absolute atomic E-state index is 0.0506. The van der Waals surface area contributed by atoms with Gasteiger partial charge in [0.1, 0.15) is 10.2 Å². The summed E-state index contributed by atoms with van der Waals surface area (Å²) in [6.07, 6.45) is 3.51. The standard InChI is InChI=1S/C18H22BrN3O3/c1-22-17(23)16(19)15(11-21-22)20-12-18(7-9-25-10-8-18)13-3-5-14(24-2)6-4-13/h3-6,11,20H,7-10,12H2,1-2H3. The second-order valence-corrected chi connectivity index (χ2v) is 7.07. The Bertz CT molecular complexity index is 783. The van der Waals surface area contributed by atoms with Crippen molar-refractivity contribution in [3.05, 3.63) is 50.9 Å². The van der Waals surface area contributed by atoms with E-state index in [-0.39, 0.29) is 11.0 Å². The van der Waals surface area contributed by atoms with Gasteiger partial charge < -0.3 is 14.8 Å². The molecule has 0 saturated carbocycles. The molecule has 1 aromatic carbocycles. The molecule has 1 N–H and O–H groups in total. The highest BCUT2D eigenvalue weighted by Gasteiger charge is 2.34. The van der Waals surface area contributed by atoms with E-state index < -0.39 is 0 Å². The number of hydrogen-bond donors (Lipinski definition) is 1. The number of nitrogens with one attached hydrogen (secondary N) is 1. The first-order valence-electron chi connectivity index (χ1n) is 8.24. The lowest BCUT2D eigenvalue weighted by molar-refractivity contribution is 0.0543. The number of nitrogens with zero attached hydrogens (tertiary/aromatic N) is 2. The molecule has 134 valence electrons. The Morgan fingerprint density at radius 3 is 2.64 bits per heavy atom. The Morgan fingerprint density at radius 2 is 2.00 bits per heavy atom. The maximum absolute atomic E-state index is 12.0. The van der Waals surface area contributed by atoms with Gasteiger partial charge >= 0.3 is 0 Å². The third-order valence-electron chi connectivity index (χ3n) is 4.85. The van der Waals surface area contributed by atoms with Gasteiger partial charge in [-0.15, -0.1) is 0 Å². The fraction of sp³-hybridized carbons (Fsp3) is 0.444. The molecule has 1 aliphatic rings. The average Bonchev–Trinajstić information content (AvgIpc) is 2.66. The van der Waals surface area contributed by atoms with Gasteiger partial charge in [0.15, 0.2) is 0 Å². The van der Waals surface area contributed by atoms with Crippen LogP contribution in [0.25, 0.3) is 0 Å². The highest BCUT2D eigenvalue weighted by molar-refractivity contribution is 9.10. The lowest BCUT2D eigenvalue weighted by Crippen LogP contribution is -2.40. The summed E-state index contributed by atoms with van der Waals surface area (Å²) in [5.74, 6) is 0.845. The maximum Gasteiger partial charge on any atom is 0.282 e. The van der Waals surface area contributed by atoms with Gasteiger partial charge in [0.05, 0.1) is 19.0 Å². The van der Waals surface area contributed by atoms with Crippen LogP contribution in [-0.2, 0) is 17.2 Å². The van der Waals surface area contributed by atoms with Crippen molar-refractivity contribution in [1.29, 1.82) is 0 Å². The zero-order valence-corrected chi connectivity index (χ0v) is 16.0. The number of rotatable bonds is 5. The van der Waals surface area contributed by atoms with E-state index >= 15 is 0 Å². The van der Waals surface area contributed by atoms with Crippen LogP contribution in [0, 0.1) is 0 Å². The molecule has 3 rings (SSSR count). The summed E-state index contributed by atoms with van der Waals surface area (Å²) >= 11 is 3.37. The fourth-order valence-corrected chi connectivity index (χ4v) is 3.67. The van der Waals surface area contributed by atoms with Crippen LogP contribution in [0.3, 0.4) is 0 Å². The van der Waals surface area contributed by atoms with Crippen LogP contribution in [0.5, 0.6) is 5.75 Å². The summed E-state index contributed by atoms with van der Waals surface area (Å²) in [4.78, 5) is 12.0. The van der Waals surface area contributed by atoms with Crippen LogP contribution in [-0.4, -0.2) is 36.6 Å². The fourth-order valence-electron chi connectivity index (χ4n) is 3.17. The van der Waals surface area contributed by atoms with E-state index in [2.05, 4.69) is 38.5 Å². The van der Waals surface area contributed by atoms with Gasteiger partial charge in [-0.1, -0.05) is 12.1 Å². The average molecular weight is 408 g/mol. The van der Waals surface area contributed by atoms with Gasteiger partial charge in [-0.25, -0.2) is 4.68 Å². The first-order valence-corrected chi connectivity index (χ1v) is 9.03. The largest absolute Gasteiger partial charge is 0.497 e. The van der Waals surface area contributed by atoms with Gasteiger partial charge in [-0.3, -0.25) is 4.79 Å². The van der Waals surface area contributed by atoms with E-state index in [4.69, 9.17) is 9.47 Å². The van der Waals surface area contributed by atoms with Crippen molar-refractivity contribution in [1.82, 2.24) is 9.78 Å². The lowest BCUT2D eigenvalue weighted by Gasteiger charge is -2.38. The van der Waals surface area contributed by atoms with Crippen molar-refractivity contribution in [2.45, 2.75) is 18.3 Å². The highest BCUT2D eigenvalue weighted by Crippen LogP contribution is 2.36. The molecule has 0 unspecified atom stereocenters. The van der Waals surface area contributed by atoms with Crippen LogP contribution in [0.2, 0.25) is 0 Å². The topological polar surface area (TPSA) is 65.4 Å². The van der Waals surface area contributed by atoms with Gasteiger partial charge in [-0.05, 0) is 46.5 Å². The van der Waals surface area contributed by atoms with Gasteiger partial charge in [0, 0.05) is 32.2 Å². The second-order valence-electron chi connectivity index (χ2n) is 6.28. The summed E-state index contributed by atoms with van der Waals surface area (Å²) in [6, 6.07) is 8.21. The Morgan fingerprint density at radius 1 is 1.32 bits per heavy atom. The summed E-state index contributed by atoms with van der Waals surface area (Å²) in [5.41, 5.74) is 1.75. The predicted molar refractivity (Wildman–Crippen MR) is 100 cm³/mol.